The Labute approximate surface area is 110 Å². The Hall–Kier alpha value is -0.610. The number of hydrogen-bond donors (Lipinski definition) is 2. The van der Waals surface area contributed by atoms with Gasteiger partial charge in [0.25, 0.3) is 0 Å². The summed E-state index contributed by atoms with van der Waals surface area (Å²) in [4.78, 5) is 13.9. The van der Waals surface area contributed by atoms with E-state index in [0.717, 1.165) is 38.6 Å². The summed E-state index contributed by atoms with van der Waals surface area (Å²) in [7, 11) is 1.97. The summed E-state index contributed by atoms with van der Waals surface area (Å²) in [6.45, 7) is 1.29. The van der Waals surface area contributed by atoms with Crippen LogP contribution in [0.25, 0.3) is 0 Å². The molecule has 2 unspecified atom stereocenters. The summed E-state index contributed by atoms with van der Waals surface area (Å²) < 4.78 is 0. The van der Waals surface area contributed by atoms with Gasteiger partial charge >= 0.3 is 0 Å². The van der Waals surface area contributed by atoms with E-state index in [9.17, 15) is 9.90 Å². The first-order valence-corrected chi connectivity index (χ1v) is 7.31. The van der Waals surface area contributed by atoms with E-state index in [-0.39, 0.29) is 12.0 Å². The van der Waals surface area contributed by atoms with Crippen molar-refractivity contribution in [3.63, 3.8) is 0 Å². The van der Waals surface area contributed by atoms with Crippen molar-refractivity contribution in [3.8, 4) is 0 Å². The number of rotatable bonds is 5. The zero-order chi connectivity index (χ0) is 13.0. The van der Waals surface area contributed by atoms with E-state index < -0.39 is 0 Å². The van der Waals surface area contributed by atoms with Crippen LogP contribution in [0.1, 0.15) is 44.9 Å². The smallest absolute Gasteiger partial charge is 0.234 e. The molecule has 0 aromatic carbocycles. The molecule has 2 rings (SSSR count). The molecule has 0 aromatic heterocycles. The predicted molar refractivity (Wildman–Crippen MR) is 71.2 cm³/mol. The third kappa shape index (κ3) is 3.95. The van der Waals surface area contributed by atoms with Crippen molar-refractivity contribution in [3.05, 3.63) is 0 Å². The van der Waals surface area contributed by atoms with Crippen LogP contribution in [0, 0.1) is 5.92 Å². The number of nitrogens with zero attached hydrogens (tertiary/aromatic N) is 1. The summed E-state index contributed by atoms with van der Waals surface area (Å²) in [6.07, 6.45) is 7.74. The SMILES string of the molecule is CN(CC(=O)NC1CCCC1)CC1CCCC1O. The number of hydrogen-bond acceptors (Lipinski definition) is 3. The van der Waals surface area contributed by atoms with Gasteiger partial charge in [0.2, 0.25) is 5.91 Å². The van der Waals surface area contributed by atoms with E-state index >= 15 is 0 Å². The Kier molecular flexibility index (Phi) is 5.01. The Morgan fingerprint density at radius 1 is 1.22 bits per heavy atom. The third-order valence-corrected chi connectivity index (χ3v) is 4.30. The summed E-state index contributed by atoms with van der Waals surface area (Å²) in [6, 6.07) is 0.406. The van der Waals surface area contributed by atoms with Crippen molar-refractivity contribution < 1.29 is 9.90 Å². The lowest BCUT2D eigenvalue weighted by atomic mass is 10.1. The molecule has 2 aliphatic carbocycles. The summed E-state index contributed by atoms with van der Waals surface area (Å²) >= 11 is 0. The second kappa shape index (κ2) is 6.53. The molecule has 0 spiro atoms. The Bertz CT molecular complexity index is 277. The Morgan fingerprint density at radius 3 is 2.56 bits per heavy atom. The molecule has 0 heterocycles. The van der Waals surface area contributed by atoms with E-state index in [0.29, 0.717) is 18.5 Å². The minimum atomic E-state index is -0.162. The maximum atomic E-state index is 11.8. The van der Waals surface area contributed by atoms with Crippen LogP contribution in [-0.4, -0.2) is 48.2 Å². The fourth-order valence-corrected chi connectivity index (χ4v) is 3.28. The summed E-state index contributed by atoms with van der Waals surface area (Å²) in [5.74, 6) is 0.492. The maximum Gasteiger partial charge on any atom is 0.234 e. The Morgan fingerprint density at radius 2 is 1.94 bits per heavy atom. The van der Waals surface area contributed by atoms with Crippen LogP contribution >= 0.6 is 0 Å². The van der Waals surface area contributed by atoms with Crippen LogP contribution in [0.15, 0.2) is 0 Å². The van der Waals surface area contributed by atoms with Gasteiger partial charge < -0.3 is 10.4 Å². The standard InChI is InChI=1S/C14H26N2O2/c1-16(9-11-5-4-8-13(11)17)10-14(18)15-12-6-2-3-7-12/h11-13,17H,2-10H2,1H3,(H,15,18). The van der Waals surface area contributed by atoms with Gasteiger partial charge in [-0.05, 0) is 38.6 Å². The van der Waals surface area contributed by atoms with Crippen LogP contribution in [0.3, 0.4) is 0 Å². The Balaban J connectivity index is 1.66. The van der Waals surface area contributed by atoms with E-state index in [1.807, 2.05) is 11.9 Å². The largest absolute Gasteiger partial charge is 0.393 e. The molecule has 18 heavy (non-hydrogen) atoms. The van der Waals surface area contributed by atoms with Crippen molar-refractivity contribution in [2.24, 2.45) is 5.92 Å². The molecule has 2 saturated carbocycles. The van der Waals surface area contributed by atoms with Gasteiger partial charge in [0.1, 0.15) is 0 Å². The molecule has 0 saturated heterocycles. The molecule has 0 bridgehead atoms. The van der Waals surface area contributed by atoms with Gasteiger partial charge in [0.05, 0.1) is 12.6 Å². The van der Waals surface area contributed by atoms with Crippen LogP contribution in [0.5, 0.6) is 0 Å². The molecular weight excluding hydrogens is 228 g/mol. The van der Waals surface area contributed by atoms with Gasteiger partial charge in [-0.3, -0.25) is 9.69 Å². The predicted octanol–water partition coefficient (Wildman–Crippen LogP) is 1.14. The first kappa shape index (κ1) is 13.8. The monoisotopic (exact) mass is 254 g/mol. The minimum absolute atomic E-state index is 0.136. The fourth-order valence-electron chi connectivity index (χ4n) is 3.28. The van der Waals surface area contributed by atoms with Crippen molar-refractivity contribution >= 4 is 5.91 Å². The lowest BCUT2D eigenvalue weighted by Gasteiger charge is -2.23. The minimum Gasteiger partial charge on any atom is -0.393 e. The van der Waals surface area contributed by atoms with Crippen LogP contribution in [0.4, 0.5) is 0 Å². The van der Waals surface area contributed by atoms with Gasteiger partial charge in [0.15, 0.2) is 0 Å². The van der Waals surface area contributed by atoms with Gasteiger partial charge in [-0.1, -0.05) is 19.3 Å². The number of aliphatic hydroxyl groups is 1. The van der Waals surface area contributed by atoms with Crippen molar-refractivity contribution in [1.82, 2.24) is 10.2 Å². The van der Waals surface area contributed by atoms with Crippen LogP contribution < -0.4 is 5.32 Å². The molecular formula is C14H26N2O2. The zero-order valence-electron chi connectivity index (χ0n) is 11.4. The normalized spacial score (nSPS) is 29.1. The molecule has 4 heteroatoms. The molecule has 2 fully saturated rings. The first-order chi connectivity index (χ1) is 8.65. The van der Waals surface area contributed by atoms with E-state index in [1.54, 1.807) is 0 Å². The van der Waals surface area contributed by atoms with E-state index in [4.69, 9.17) is 0 Å². The highest BCUT2D eigenvalue weighted by Crippen LogP contribution is 2.25. The lowest BCUT2D eigenvalue weighted by Crippen LogP contribution is -2.41. The topological polar surface area (TPSA) is 52.6 Å². The quantitative estimate of drug-likeness (QED) is 0.773. The second-order valence-corrected chi connectivity index (χ2v) is 6.00. The maximum absolute atomic E-state index is 11.8. The summed E-state index contributed by atoms with van der Waals surface area (Å²) in [5.41, 5.74) is 0. The highest BCUT2D eigenvalue weighted by Gasteiger charge is 2.26. The van der Waals surface area contributed by atoms with E-state index in [1.165, 1.54) is 12.8 Å². The molecule has 0 radical (unpaired) electrons. The number of aliphatic hydroxyl groups excluding tert-OH is 1. The van der Waals surface area contributed by atoms with Gasteiger partial charge in [-0.2, -0.15) is 0 Å². The molecule has 1 amide bonds. The van der Waals surface area contributed by atoms with Gasteiger partial charge in [-0.25, -0.2) is 0 Å². The first-order valence-electron chi connectivity index (χ1n) is 7.31. The molecule has 2 N–H and O–H groups in total. The average molecular weight is 254 g/mol. The van der Waals surface area contributed by atoms with Gasteiger partial charge in [-0.15, -0.1) is 0 Å². The van der Waals surface area contributed by atoms with E-state index in [2.05, 4.69) is 5.32 Å². The van der Waals surface area contributed by atoms with Crippen LogP contribution in [-0.2, 0) is 4.79 Å². The fraction of sp³-hybridized carbons (Fsp3) is 0.929. The number of carbonyl (C=O) groups is 1. The highest BCUT2D eigenvalue weighted by atomic mass is 16.3. The van der Waals surface area contributed by atoms with Crippen molar-refractivity contribution in [2.45, 2.75) is 57.1 Å². The highest BCUT2D eigenvalue weighted by molar-refractivity contribution is 5.78. The van der Waals surface area contributed by atoms with Gasteiger partial charge in [0, 0.05) is 12.6 Å². The molecule has 104 valence electrons. The third-order valence-electron chi connectivity index (χ3n) is 4.30. The zero-order valence-corrected chi connectivity index (χ0v) is 11.4. The van der Waals surface area contributed by atoms with Crippen LogP contribution in [0.2, 0.25) is 0 Å². The number of likely N-dealkylation sites (N-methyl/N-ethyl adjacent to an activating group) is 1. The second-order valence-electron chi connectivity index (χ2n) is 6.00. The molecule has 4 nitrogen and oxygen atoms in total. The van der Waals surface area contributed by atoms with Crippen molar-refractivity contribution in [2.75, 3.05) is 20.1 Å². The number of amides is 1. The summed E-state index contributed by atoms with van der Waals surface area (Å²) in [5, 5.41) is 12.9. The molecule has 2 aliphatic rings. The average Bonchev–Trinajstić information content (AvgIpc) is 2.91. The number of carbonyl (C=O) groups excluding carboxylic acids is 1. The molecule has 0 aromatic rings. The lowest BCUT2D eigenvalue weighted by molar-refractivity contribution is -0.122. The van der Waals surface area contributed by atoms with Crippen molar-refractivity contribution in [1.29, 1.82) is 0 Å². The molecule has 0 aliphatic heterocycles. The molecule has 2 atom stereocenters. The number of nitrogens with one attached hydrogen (secondary N) is 1.